The molecule has 0 spiro atoms. The van der Waals surface area contributed by atoms with Gasteiger partial charge in [0.2, 0.25) is 11.8 Å². The van der Waals surface area contributed by atoms with Gasteiger partial charge in [0, 0.05) is 34.9 Å². The number of hydrogen-bond donors (Lipinski definition) is 2. The number of aliphatic hydroxyl groups is 1. The van der Waals surface area contributed by atoms with Crippen LogP contribution in [0.15, 0.2) is 29.5 Å². The molecule has 7 heteroatoms. The van der Waals surface area contributed by atoms with Crippen molar-refractivity contribution in [2.75, 3.05) is 18.5 Å². The summed E-state index contributed by atoms with van der Waals surface area (Å²) < 4.78 is 0. The highest BCUT2D eigenvalue weighted by Crippen LogP contribution is 2.30. The number of anilines is 1. The lowest BCUT2D eigenvalue weighted by molar-refractivity contribution is -0.137. The average molecular weight is 379 g/mol. The van der Waals surface area contributed by atoms with Crippen LogP contribution in [-0.2, 0) is 14.4 Å². The van der Waals surface area contributed by atoms with Gasteiger partial charge in [0.25, 0.3) is 0 Å². The van der Waals surface area contributed by atoms with E-state index in [9.17, 15) is 19.5 Å². The lowest BCUT2D eigenvalue weighted by atomic mass is 9.87. The first-order chi connectivity index (χ1) is 12.3. The highest BCUT2D eigenvalue weighted by Gasteiger charge is 2.35. The molecule has 0 saturated heterocycles. The van der Waals surface area contributed by atoms with Crippen molar-refractivity contribution in [2.45, 2.75) is 33.6 Å². The van der Waals surface area contributed by atoms with Crippen LogP contribution < -0.4 is 5.32 Å². The average Bonchev–Trinajstić information content (AvgIpc) is 2.58. The second-order valence-corrected chi connectivity index (χ2v) is 6.81. The van der Waals surface area contributed by atoms with Gasteiger partial charge in [-0.25, -0.2) is 0 Å². The Labute approximate surface area is 157 Å². The van der Waals surface area contributed by atoms with Gasteiger partial charge in [-0.1, -0.05) is 17.7 Å². The number of halogens is 1. The van der Waals surface area contributed by atoms with Gasteiger partial charge in [0.05, 0.1) is 12.5 Å². The number of allylic oxidation sites excluding steroid dienone is 2. The first-order valence-corrected chi connectivity index (χ1v) is 8.82. The Morgan fingerprint density at radius 3 is 2.65 bits per heavy atom. The SMILES string of the molecule is CC(=O)C1=C(C)N(CCO)C(=O)C(CC(=O)Nc2cccc(Cl)c2C)C1. The van der Waals surface area contributed by atoms with Gasteiger partial charge >= 0.3 is 0 Å². The number of ketones is 1. The second-order valence-electron chi connectivity index (χ2n) is 6.40. The maximum atomic E-state index is 12.7. The minimum atomic E-state index is -0.636. The molecular formula is C19H23ClN2O4. The van der Waals surface area contributed by atoms with E-state index in [0.717, 1.165) is 5.56 Å². The summed E-state index contributed by atoms with van der Waals surface area (Å²) in [6.45, 7) is 4.82. The summed E-state index contributed by atoms with van der Waals surface area (Å²) in [7, 11) is 0. The smallest absolute Gasteiger partial charge is 0.230 e. The molecule has 0 aliphatic carbocycles. The number of carbonyl (C=O) groups excluding carboxylic acids is 3. The predicted molar refractivity (Wildman–Crippen MR) is 99.7 cm³/mol. The minimum absolute atomic E-state index is 0.0449. The first-order valence-electron chi connectivity index (χ1n) is 8.44. The molecule has 2 amide bonds. The van der Waals surface area contributed by atoms with E-state index in [0.29, 0.717) is 22.0 Å². The molecule has 1 aromatic carbocycles. The van der Waals surface area contributed by atoms with Gasteiger partial charge in [-0.2, -0.15) is 0 Å². The van der Waals surface area contributed by atoms with E-state index in [2.05, 4.69) is 5.32 Å². The van der Waals surface area contributed by atoms with Crippen LogP contribution in [0.2, 0.25) is 5.02 Å². The fraction of sp³-hybridized carbons (Fsp3) is 0.421. The van der Waals surface area contributed by atoms with E-state index in [-0.39, 0.29) is 43.6 Å². The molecule has 2 N–H and O–H groups in total. The van der Waals surface area contributed by atoms with Crippen LogP contribution >= 0.6 is 11.6 Å². The van der Waals surface area contributed by atoms with Crippen LogP contribution in [0.5, 0.6) is 0 Å². The predicted octanol–water partition coefficient (Wildman–Crippen LogP) is 2.68. The van der Waals surface area contributed by atoms with Gasteiger partial charge in [-0.15, -0.1) is 0 Å². The highest BCUT2D eigenvalue weighted by molar-refractivity contribution is 6.31. The Morgan fingerprint density at radius 1 is 1.35 bits per heavy atom. The molecule has 1 atom stereocenters. The van der Waals surface area contributed by atoms with Crippen molar-refractivity contribution >= 4 is 34.9 Å². The molecule has 0 bridgehead atoms. The zero-order valence-corrected chi connectivity index (χ0v) is 15.9. The third-order valence-corrected chi connectivity index (χ3v) is 5.04. The van der Waals surface area contributed by atoms with Crippen molar-refractivity contribution in [3.8, 4) is 0 Å². The van der Waals surface area contributed by atoms with Crippen LogP contribution in [0, 0.1) is 12.8 Å². The largest absolute Gasteiger partial charge is 0.395 e. The molecule has 0 radical (unpaired) electrons. The first kappa shape index (κ1) is 20.1. The number of Topliss-reactive ketones (excluding diaryl/α,β-unsaturated/α-hetero) is 1. The van der Waals surface area contributed by atoms with Crippen LogP contribution in [0.4, 0.5) is 5.69 Å². The standard InChI is InChI=1S/C19H23ClN2O4/c1-11-16(20)5-4-6-17(11)21-18(25)10-14-9-15(13(3)24)12(2)22(7-8-23)19(14)26/h4-6,14,23H,7-10H2,1-3H3,(H,21,25). The maximum Gasteiger partial charge on any atom is 0.230 e. The fourth-order valence-corrected chi connectivity index (χ4v) is 3.31. The molecule has 26 heavy (non-hydrogen) atoms. The zero-order chi connectivity index (χ0) is 19.4. The molecule has 2 rings (SSSR count). The Balaban J connectivity index is 2.17. The van der Waals surface area contributed by atoms with Crippen molar-refractivity contribution in [2.24, 2.45) is 5.92 Å². The summed E-state index contributed by atoms with van der Waals surface area (Å²) in [5, 5.41) is 12.5. The van der Waals surface area contributed by atoms with Gasteiger partial charge < -0.3 is 15.3 Å². The van der Waals surface area contributed by atoms with Gasteiger partial charge in [-0.05, 0) is 44.9 Å². The molecule has 1 aliphatic rings. The summed E-state index contributed by atoms with van der Waals surface area (Å²) >= 11 is 6.06. The summed E-state index contributed by atoms with van der Waals surface area (Å²) in [5.41, 5.74) is 2.42. The molecule has 6 nitrogen and oxygen atoms in total. The van der Waals surface area contributed by atoms with Crippen LogP contribution in [0.25, 0.3) is 0 Å². The molecule has 0 saturated carbocycles. The number of hydrogen-bond acceptors (Lipinski definition) is 4. The molecule has 1 unspecified atom stereocenters. The number of amides is 2. The van der Waals surface area contributed by atoms with Gasteiger partial charge in [-0.3, -0.25) is 14.4 Å². The summed E-state index contributed by atoms with van der Waals surface area (Å²) in [5.74, 6) is -1.34. The molecule has 140 valence electrons. The number of β-amino-alcohol motifs (C(OH)–C–C–N with tert-alkyl or cyclic N) is 1. The Bertz CT molecular complexity index is 773. The van der Waals surface area contributed by atoms with E-state index in [1.54, 1.807) is 32.0 Å². The molecule has 0 aromatic heterocycles. The lowest BCUT2D eigenvalue weighted by Crippen LogP contribution is -2.43. The molecule has 1 aromatic rings. The summed E-state index contributed by atoms with van der Waals surface area (Å²) in [6, 6.07) is 5.21. The Hall–Kier alpha value is -2.18. The van der Waals surface area contributed by atoms with E-state index in [4.69, 9.17) is 11.6 Å². The molecule has 1 heterocycles. The van der Waals surface area contributed by atoms with E-state index >= 15 is 0 Å². The normalized spacial score (nSPS) is 17.5. The van der Waals surface area contributed by atoms with Crippen LogP contribution in [0.3, 0.4) is 0 Å². The fourth-order valence-electron chi connectivity index (χ4n) is 3.13. The van der Waals surface area contributed by atoms with Gasteiger partial charge in [0.15, 0.2) is 5.78 Å². The topological polar surface area (TPSA) is 86.7 Å². The Morgan fingerprint density at radius 2 is 2.04 bits per heavy atom. The van der Waals surface area contributed by atoms with Crippen LogP contribution in [0.1, 0.15) is 32.3 Å². The van der Waals surface area contributed by atoms with E-state index in [1.165, 1.54) is 11.8 Å². The summed E-state index contributed by atoms with van der Waals surface area (Å²) in [4.78, 5) is 38.4. The Kier molecular flexibility index (Phi) is 6.56. The monoisotopic (exact) mass is 378 g/mol. The minimum Gasteiger partial charge on any atom is -0.395 e. The van der Waals surface area contributed by atoms with Crippen molar-refractivity contribution < 1.29 is 19.5 Å². The van der Waals surface area contributed by atoms with Crippen molar-refractivity contribution in [3.05, 3.63) is 40.1 Å². The number of carbonyl (C=O) groups is 3. The number of aliphatic hydroxyl groups excluding tert-OH is 1. The zero-order valence-electron chi connectivity index (χ0n) is 15.1. The molecule has 0 fully saturated rings. The summed E-state index contributed by atoms with van der Waals surface area (Å²) in [6.07, 6.45) is 0.181. The number of nitrogens with zero attached hydrogens (tertiary/aromatic N) is 1. The van der Waals surface area contributed by atoms with Crippen LogP contribution in [-0.4, -0.2) is 40.8 Å². The maximum absolute atomic E-state index is 12.7. The van der Waals surface area contributed by atoms with Gasteiger partial charge in [0.1, 0.15) is 0 Å². The number of benzene rings is 1. The third kappa shape index (κ3) is 4.31. The van der Waals surface area contributed by atoms with Crippen molar-refractivity contribution in [3.63, 3.8) is 0 Å². The lowest BCUT2D eigenvalue weighted by Gasteiger charge is -2.34. The van der Waals surface area contributed by atoms with E-state index < -0.39 is 5.92 Å². The molecular weight excluding hydrogens is 356 g/mol. The highest BCUT2D eigenvalue weighted by atomic mass is 35.5. The second kappa shape index (κ2) is 8.47. The quantitative estimate of drug-likeness (QED) is 0.796. The number of nitrogens with one attached hydrogen (secondary N) is 1. The molecule has 1 aliphatic heterocycles. The third-order valence-electron chi connectivity index (χ3n) is 4.63. The van der Waals surface area contributed by atoms with Crippen molar-refractivity contribution in [1.29, 1.82) is 0 Å². The number of rotatable bonds is 6. The van der Waals surface area contributed by atoms with Crippen molar-refractivity contribution in [1.82, 2.24) is 4.90 Å². The van der Waals surface area contributed by atoms with E-state index in [1.807, 2.05) is 0 Å².